The van der Waals surface area contributed by atoms with Crippen LogP contribution in [0, 0.1) is 5.92 Å². The van der Waals surface area contributed by atoms with E-state index < -0.39 is 30.0 Å². The highest BCUT2D eigenvalue weighted by Crippen LogP contribution is 2.29. The molecular weight excluding hydrogens is 462 g/mol. The summed E-state index contributed by atoms with van der Waals surface area (Å²) in [6, 6.07) is 11.6. The van der Waals surface area contributed by atoms with Crippen molar-refractivity contribution in [3.63, 3.8) is 0 Å². The number of aliphatic carboxylic acids is 1. The number of amides is 4. The number of carboxylic acids is 1. The van der Waals surface area contributed by atoms with Gasteiger partial charge in [-0.3, -0.25) is 14.5 Å². The number of H-pyrrole nitrogens is 1. The van der Waals surface area contributed by atoms with E-state index in [9.17, 15) is 24.3 Å². The summed E-state index contributed by atoms with van der Waals surface area (Å²) in [5, 5.41) is 18.8. The molecule has 188 valence electrons. The number of hydrogen-bond acceptors (Lipinski definition) is 4. The smallest absolute Gasteiger partial charge is 0.326 e. The van der Waals surface area contributed by atoms with Crippen LogP contribution < -0.4 is 20.9 Å². The van der Waals surface area contributed by atoms with Crippen molar-refractivity contribution in [2.24, 2.45) is 5.92 Å². The molecule has 10 nitrogen and oxygen atoms in total. The number of carboxylic acid groups (broad SMARTS) is 1. The predicted octanol–water partition coefficient (Wildman–Crippen LogP) is 2.86. The minimum Gasteiger partial charge on any atom is -0.480 e. The van der Waals surface area contributed by atoms with Crippen molar-refractivity contribution < 1.29 is 24.3 Å². The van der Waals surface area contributed by atoms with Gasteiger partial charge in [0.05, 0.1) is 11.4 Å². The fourth-order valence-corrected chi connectivity index (χ4v) is 4.31. The molecular formula is C26H29N5O5. The maximum absolute atomic E-state index is 13.3. The molecule has 0 aliphatic carbocycles. The third-order valence-corrected chi connectivity index (χ3v) is 6.50. The van der Waals surface area contributed by atoms with Crippen LogP contribution in [0.15, 0.2) is 54.7 Å². The lowest BCUT2D eigenvalue weighted by Gasteiger charge is -2.32. The van der Waals surface area contributed by atoms with Gasteiger partial charge in [0.15, 0.2) is 0 Å². The monoisotopic (exact) mass is 491 g/mol. The highest BCUT2D eigenvalue weighted by molar-refractivity contribution is 6.10. The second-order valence-corrected chi connectivity index (χ2v) is 8.93. The van der Waals surface area contributed by atoms with E-state index in [0.717, 1.165) is 16.5 Å². The number of nitrogens with one attached hydrogen (secondary N) is 4. The zero-order chi connectivity index (χ0) is 25.8. The third kappa shape index (κ3) is 5.17. The topological polar surface area (TPSA) is 144 Å². The zero-order valence-corrected chi connectivity index (χ0v) is 20.1. The molecule has 0 unspecified atom stereocenters. The molecule has 36 heavy (non-hydrogen) atoms. The van der Waals surface area contributed by atoms with Crippen LogP contribution in [0.25, 0.3) is 10.9 Å². The number of hydrogen-bond donors (Lipinski definition) is 5. The summed E-state index contributed by atoms with van der Waals surface area (Å²) in [5.74, 6) is -2.41. The summed E-state index contributed by atoms with van der Waals surface area (Å²) >= 11 is 0. The molecule has 3 atom stereocenters. The van der Waals surface area contributed by atoms with Crippen LogP contribution in [-0.4, -0.2) is 52.5 Å². The van der Waals surface area contributed by atoms with Crippen molar-refractivity contribution in [1.82, 2.24) is 15.6 Å². The molecule has 4 amide bonds. The molecule has 0 bridgehead atoms. The first-order valence-corrected chi connectivity index (χ1v) is 11.8. The first-order chi connectivity index (χ1) is 17.3. The molecule has 5 N–H and O–H groups in total. The summed E-state index contributed by atoms with van der Waals surface area (Å²) in [6.45, 7) is 3.48. The quantitative estimate of drug-likeness (QED) is 0.329. The van der Waals surface area contributed by atoms with E-state index in [-0.39, 0.29) is 24.8 Å². The van der Waals surface area contributed by atoms with Crippen molar-refractivity contribution in [1.29, 1.82) is 0 Å². The average Bonchev–Trinajstić information content (AvgIpc) is 3.28. The van der Waals surface area contributed by atoms with Crippen LogP contribution in [0.1, 0.15) is 25.8 Å². The Kier molecular flexibility index (Phi) is 7.23. The summed E-state index contributed by atoms with van der Waals surface area (Å²) in [6.07, 6.45) is 2.38. The largest absolute Gasteiger partial charge is 0.480 e. The number of carbonyl (C=O) groups is 4. The summed E-state index contributed by atoms with van der Waals surface area (Å²) in [4.78, 5) is 55.0. The molecule has 0 saturated heterocycles. The fraction of sp³-hybridized carbons (Fsp3) is 0.308. The van der Waals surface area contributed by atoms with E-state index in [2.05, 4.69) is 20.9 Å². The first kappa shape index (κ1) is 24.8. The summed E-state index contributed by atoms with van der Waals surface area (Å²) < 4.78 is 0. The lowest BCUT2D eigenvalue weighted by molar-refractivity contribution is -0.142. The molecule has 0 fully saturated rings. The van der Waals surface area contributed by atoms with Crippen LogP contribution in [0.2, 0.25) is 0 Å². The van der Waals surface area contributed by atoms with Gasteiger partial charge in [-0.15, -0.1) is 0 Å². The average molecular weight is 492 g/mol. The first-order valence-electron chi connectivity index (χ1n) is 11.8. The van der Waals surface area contributed by atoms with Crippen molar-refractivity contribution in [3.8, 4) is 0 Å². The number of anilines is 2. The van der Waals surface area contributed by atoms with Crippen molar-refractivity contribution >= 4 is 46.1 Å². The van der Waals surface area contributed by atoms with Crippen LogP contribution in [-0.2, 0) is 20.8 Å². The highest BCUT2D eigenvalue weighted by atomic mass is 16.4. The van der Waals surface area contributed by atoms with Gasteiger partial charge in [-0.2, -0.15) is 0 Å². The standard InChI is InChI=1S/C26H29N5O5/c1-3-15(2)23(30-26(36)31-14-22(32)28-19-10-6-7-11-21(19)31)24(33)29-20(25(34)35)12-16-13-27-18-9-5-4-8-17(16)18/h4-11,13,15,20,23,27H,3,12,14H2,1-2H3,(H,28,32)(H,29,33)(H,30,36)(H,34,35)/t15-,20-,23-/m0/s1. The molecule has 0 saturated carbocycles. The third-order valence-electron chi connectivity index (χ3n) is 6.50. The zero-order valence-electron chi connectivity index (χ0n) is 20.1. The Morgan fingerprint density at radius 1 is 1.08 bits per heavy atom. The van der Waals surface area contributed by atoms with Gasteiger partial charge in [0, 0.05) is 23.5 Å². The van der Waals surface area contributed by atoms with Crippen molar-refractivity contribution in [2.75, 3.05) is 16.8 Å². The Labute approximate surface area is 208 Å². The molecule has 3 aromatic rings. The minimum absolute atomic E-state index is 0.0753. The lowest BCUT2D eigenvalue weighted by Crippen LogP contribution is -2.58. The fourth-order valence-electron chi connectivity index (χ4n) is 4.31. The SMILES string of the molecule is CC[C@H](C)[C@H](NC(=O)N1CC(=O)Nc2ccccc21)C(=O)N[C@@H](Cc1c[nH]c2ccccc12)C(=O)O. The van der Waals surface area contributed by atoms with Crippen LogP contribution in [0.4, 0.5) is 16.2 Å². The molecule has 10 heteroatoms. The van der Waals surface area contributed by atoms with Gasteiger partial charge < -0.3 is 26.0 Å². The number of nitrogens with zero attached hydrogens (tertiary/aromatic N) is 1. The summed E-state index contributed by atoms with van der Waals surface area (Å²) in [7, 11) is 0. The minimum atomic E-state index is -1.19. The van der Waals surface area contributed by atoms with E-state index >= 15 is 0 Å². The van der Waals surface area contributed by atoms with Crippen LogP contribution in [0.5, 0.6) is 0 Å². The van der Waals surface area contributed by atoms with Gasteiger partial charge in [0.2, 0.25) is 11.8 Å². The second kappa shape index (κ2) is 10.5. The van der Waals surface area contributed by atoms with E-state index in [1.165, 1.54) is 4.90 Å². The maximum Gasteiger partial charge on any atom is 0.326 e. The van der Waals surface area contributed by atoms with Crippen molar-refractivity contribution in [2.45, 2.75) is 38.8 Å². The molecule has 0 radical (unpaired) electrons. The van der Waals surface area contributed by atoms with Gasteiger partial charge in [0.25, 0.3) is 0 Å². The van der Waals surface area contributed by atoms with E-state index in [1.54, 1.807) is 37.4 Å². The second-order valence-electron chi connectivity index (χ2n) is 8.93. The molecule has 1 aliphatic rings. The molecule has 2 heterocycles. The van der Waals surface area contributed by atoms with E-state index in [1.807, 2.05) is 31.2 Å². The molecule has 1 aliphatic heterocycles. The Bertz CT molecular complexity index is 1300. The van der Waals surface area contributed by atoms with Crippen molar-refractivity contribution in [3.05, 3.63) is 60.3 Å². The summed E-state index contributed by atoms with van der Waals surface area (Å²) in [5.41, 5.74) is 2.65. The molecule has 1 aromatic heterocycles. The van der Waals surface area contributed by atoms with Gasteiger partial charge in [-0.1, -0.05) is 50.6 Å². The normalized spacial score (nSPS) is 15.4. The van der Waals surface area contributed by atoms with Gasteiger partial charge in [-0.05, 0) is 29.7 Å². The Hall–Kier alpha value is -4.34. The molecule has 4 rings (SSSR count). The number of benzene rings is 2. The molecule has 0 spiro atoms. The van der Waals surface area contributed by atoms with Gasteiger partial charge in [-0.25, -0.2) is 9.59 Å². The van der Waals surface area contributed by atoms with E-state index in [4.69, 9.17) is 0 Å². The van der Waals surface area contributed by atoms with Crippen LogP contribution in [0.3, 0.4) is 0 Å². The number of aromatic amines is 1. The predicted molar refractivity (Wildman–Crippen MR) is 136 cm³/mol. The van der Waals surface area contributed by atoms with Gasteiger partial charge >= 0.3 is 12.0 Å². The number of urea groups is 1. The number of rotatable bonds is 8. The van der Waals surface area contributed by atoms with E-state index in [0.29, 0.717) is 17.8 Å². The number of para-hydroxylation sites is 3. The Balaban J connectivity index is 1.51. The highest BCUT2D eigenvalue weighted by Gasteiger charge is 2.33. The van der Waals surface area contributed by atoms with Gasteiger partial charge in [0.1, 0.15) is 18.6 Å². The number of aromatic nitrogens is 1. The number of fused-ring (bicyclic) bond motifs is 2. The van der Waals surface area contributed by atoms with Crippen LogP contribution >= 0.6 is 0 Å². The Morgan fingerprint density at radius 2 is 1.81 bits per heavy atom. The number of carbonyl (C=O) groups excluding carboxylic acids is 3. The molecule has 2 aromatic carbocycles. The lowest BCUT2D eigenvalue weighted by atomic mass is 9.97. The maximum atomic E-state index is 13.3. The Morgan fingerprint density at radius 3 is 2.56 bits per heavy atom.